The monoisotopic (exact) mass is 309 g/mol. The van der Waals surface area contributed by atoms with Gasteiger partial charge in [0.15, 0.2) is 0 Å². The molecule has 23 heavy (non-hydrogen) atoms. The van der Waals surface area contributed by atoms with Crippen molar-refractivity contribution in [3.8, 4) is 11.5 Å². The molecule has 0 saturated carbocycles. The molecule has 0 radical (unpaired) electrons. The third kappa shape index (κ3) is 3.34. The standard InChI is InChI=1S/C16H15N5O2/c1-21(2)14-9-12(7-8-17-14)15(22)19-13-5-3-11(4-6-13)16-20-18-10-23-16/h3-10H,1-2H3,(H,19,22). The Morgan fingerprint density at radius 2 is 1.96 bits per heavy atom. The number of anilines is 2. The molecule has 1 aromatic carbocycles. The number of hydrogen-bond donors (Lipinski definition) is 1. The summed E-state index contributed by atoms with van der Waals surface area (Å²) in [5.74, 6) is 0.970. The van der Waals surface area contributed by atoms with Crippen LogP contribution in [0.15, 0.2) is 53.4 Å². The fourth-order valence-corrected chi connectivity index (χ4v) is 2.00. The van der Waals surface area contributed by atoms with Crippen molar-refractivity contribution < 1.29 is 9.21 Å². The number of carbonyl (C=O) groups excluding carboxylic acids is 1. The molecule has 2 aromatic heterocycles. The molecule has 2 heterocycles. The Morgan fingerprint density at radius 3 is 2.61 bits per heavy atom. The zero-order valence-electron chi connectivity index (χ0n) is 12.7. The van der Waals surface area contributed by atoms with E-state index in [0.717, 1.165) is 11.4 Å². The maximum absolute atomic E-state index is 12.3. The maximum Gasteiger partial charge on any atom is 0.255 e. The molecule has 0 aliphatic carbocycles. The first-order valence-corrected chi connectivity index (χ1v) is 6.95. The van der Waals surface area contributed by atoms with Crippen LogP contribution in [0.5, 0.6) is 0 Å². The van der Waals surface area contributed by atoms with E-state index in [0.29, 0.717) is 17.1 Å². The zero-order chi connectivity index (χ0) is 16.2. The van der Waals surface area contributed by atoms with Gasteiger partial charge in [-0.3, -0.25) is 4.79 Å². The van der Waals surface area contributed by atoms with Crippen LogP contribution in [0.4, 0.5) is 11.5 Å². The van der Waals surface area contributed by atoms with E-state index in [2.05, 4.69) is 20.5 Å². The number of amides is 1. The number of nitrogens with zero attached hydrogens (tertiary/aromatic N) is 4. The Hall–Kier alpha value is -3.22. The number of aromatic nitrogens is 3. The Kier molecular flexibility index (Phi) is 4.01. The van der Waals surface area contributed by atoms with Crippen molar-refractivity contribution in [2.45, 2.75) is 0 Å². The Morgan fingerprint density at radius 1 is 1.17 bits per heavy atom. The first kappa shape index (κ1) is 14.7. The minimum atomic E-state index is -0.193. The van der Waals surface area contributed by atoms with Gasteiger partial charge in [0.05, 0.1) is 0 Å². The lowest BCUT2D eigenvalue weighted by atomic mass is 10.2. The van der Waals surface area contributed by atoms with Crippen molar-refractivity contribution in [3.05, 3.63) is 54.6 Å². The topological polar surface area (TPSA) is 84.2 Å². The summed E-state index contributed by atoms with van der Waals surface area (Å²) in [4.78, 5) is 18.3. The molecule has 3 aromatic rings. The summed E-state index contributed by atoms with van der Waals surface area (Å²) < 4.78 is 5.12. The summed E-state index contributed by atoms with van der Waals surface area (Å²) in [6.45, 7) is 0. The first-order valence-electron chi connectivity index (χ1n) is 6.95. The van der Waals surface area contributed by atoms with Gasteiger partial charge in [-0.25, -0.2) is 4.98 Å². The second-order valence-electron chi connectivity index (χ2n) is 5.07. The second kappa shape index (κ2) is 6.27. The van der Waals surface area contributed by atoms with Crippen LogP contribution >= 0.6 is 0 Å². The van der Waals surface area contributed by atoms with Gasteiger partial charge in [0, 0.05) is 37.1 Å². The molecule has 0 atom stereocenters. The number of pyridine rings is 1. The Bertz CT molecular complexity index is 798. The molecule has 3 rings (SSSR count). The van der Waals surface area contributed by atoms with Gasteiger partial charge in [0.25, 0.3) is 5.91 Å². The van der Waals surface area contributed by atoms with Crippen LogP contribution in [0.3, 0.4) is 0 Å². The molecule has 116 valence electrons. The van der Waals surface area contributed by atoms with Gasteiger partial charge < -0.3 is 14.6 Å². The van der Waals surface area contributed by atoms with E-state index in [4.69, 9.17) is 4.42 Å². The van der Waals surface area contributed by atoms with E-state index in [1.54, 1.807) is 42.6 Å². The molecular weight excluding hydrogens is 294 g/mol. The minimum absolute atomic E-state index is 0.193. The van der Waals surface area contributed by atoms with Crippen LogP contribution in [-0.4, -0.2) is 35.2 Å². The number of rotatable bonds is 4. The number of carbonyl (C=O) groups is 1. The van der Waals surface area contributed by atoms with Gasteiger partial charge in [-0.2, -0.15) is 0 Å². The highest BCUT2D eigenvalue weighted by Crippen LogP contribution is 2.19. The number of nitrogens with one attached hydrogen (secondary N) is 1. The van der Waals surface area contributed by atoms with Gasteiger partial charge in [-0.1, -0.05) is 0 Å². The fourth-order valence-electron chi connectivity index (χ4n) is 2.00. The lowest BCUT2D eigenvalue weighted by Gasteiger charge is -2.12. The second-order valence-corrected chi connectivity index (χ2v) is 5.07. The van der Waals surface area contributed by atoms with Crippen molar-refractivity contribution in [2.75, 3.05) is 24.3 Å². The average molecular weight is 309 g/mol. The van der Waals surface area contributed by atoms with Crippen LogP contribution in [0.1, 0.15) is 10.4 Å². The molecule has 1 N–H and O–H groups in total. The summed E-state index contributed by atoms with van der Waals surface area (Å²) >= 11 is 0. The molecule has 0 fully saturated rings. The van der Waals surface area contributed by atoms with Crippen molar-refractivity contribution in [2.24, 2.45) is 0 Å². The smallest absolute Gasteiger partial charge is 0.255 e. The summed E-state index contributed by atoms with van der Waals surface area (Å²) in [6, 6.07) is 10.6. The highest BCUT2D eigenvalue weighted by atomic mass is 16.4. The molecule has 0 unspecified atom stereocenters. The number of benzene rings is 1. The van der Waals surface area contributed by atoms with Crippen LogP contribution < -0.4 is 10.2 Å². The van der Waals surface area contributed by atoms with Gasteiger partial charge in [0.1, 0.15) is 5.82 Å². The van der Waals surface area contributed by atoms with Crippen molar-refractivity contribution in [3.63, 3.8) is 0 Å². The Labute approximate surface area is 133 Å². The molecule has 0 saturated heterocycles. The van der Waals surface area contributed by atoms with E-state index in [-0.39, 0.29) is 5.91 Å². The highest BCUT2D eigenvalue weighted by Gasteiger charge is 2.09. The number of hydrogen-bond acceptors (Lipinski definition) is 6. The van der Waals surface area contributed by atoms with Gasteiger partial charge in [-0.15, -0.1) is 10.2 Å². The van der Waals surface area contributed by atoms with Crippen LogP contribution in [-0.2, 0) is 0 Å². The summed E-state index contributed by atoms with van der Waals surface area (Å²) in [5.41, 5.74) is 2.02. The first-order chi connectivity index (χ1) is 11.1. The third-order valence-corrected chi connectivity index (χ3v) is 3.22. The van der Waals surface area contributed by atoms with E-state index in [1.165, 1.54) is 6.39 Å². The van der Waals surface area contributed by atoms with Crippen molar-refractivity contribution in [1.29, 1.82) is 0 Å². The fraction of sp³-hybridized carbons (Fsp3) is 0.125. The van der Waals surface area contributed by atoms with E-state index in [1.807, 2.05) is 19.0 Å². The predicted molar refractivity (Wildman–Crippen MR) is 86.3 cm³/mol. The van der Waals surface area contributed by atoms with Crippen LogP contribution in [0.2, 0.25) is 0 Å². The lowest BCUT2D eigenvalue weighted by Crippen LogP contribution is -2.15. The SMILES string of the molecule is CN(C)c1cc(C(=O)Nc2ccc(-c3nnco3)cc2)ccn1. The van der Waals surface area contributed by atoms with E-state index < -0.39 is 0 Å². The molecule has 0 aliphatic rings. The third-order valence-electron chi connectivity index (χ3n) is 3.22. The summed E-state index contributed by atoms with van der Waals surface area (Å²) in [6.07, 6.45) is 2.89. The zero-order valence-corrected chi connectivity index (χ0v) is 12.7. The van der Waals surface area contributed by atoms with Crippen molar-refractivity contribution in [1.82, 2.24) is 15.2 Å². The van der Waals surface area contributed by atoms with Gasteiger partial charge in [-0.05, 0) is 36.4 Å². The highest BCUT2D eigenvalue weighted by molar-refractivity contribution is 6.04. The maximum atomic E-state index is 12.3. The van der Waals surface area contributed by atoms with E-state index >= 15 is 0 Å². The molecule has 7 nitrogen and oxygen atoms in total. The molecule has 0 spiro atoms. The van der Waals surface area contributed by atoms with Crippen molar-refractivity contribution >= 4 is 17.4 Å². The normalized spacial score (nSPS) is 10.3. The largest absolute Gasteiger partial charge is 0.423 e. The molecule has 7 heteroatoms. The van der Waals surface area contributed by atoms with Crippen LogP contribution in [0.25, 0.3) is 11.5 Å². The Balaban J connectivity index is 1.74. The van der Waals surface area contributed by atoms with E-state index in [9.17, 15) is 4.79 Å². The predicted octanol–water partition coefficient (Wildman–Crippen LogP) is 2.45. The summed E-state index contributed by atoms with van der Waals surface area (Å²) in [7, 11) is 3.75. The summed E-state index contributed by atoms with van der Waals surface area (Å²) in [5, 5.41) is 10.3. The molecular formula is C16H15N5O2. The van der Waals surface area contributed by atoms with Gasteiger partial charge >= 0.3 is 0 Å². The minimum Gasteiger partial charge on any atom is -0.423 e. The van der Waals surface area contributed by atoms with Gasteiger partial charge in [0.2, 0.25) is 12.3 Å². The quantitative estimate of drug-likeness (QED) is 0.797. The molecule has 0 bridgehead atoms. The molecule has 0 aliphatic heterocycles. The average Bonchev–Trinajstić information content (AvgIpc) is 3.10. The molecule has 1 amide bonds. The van der Waals surface area contributed by atoms with Crippen LogP contribution in [0, 0.1) is 0 Å². The lowest BCUT2D eigenvalue weighted by molar-refractivity contribution is 0.102.